The summed E-state index contributed by atoms with van der Waals surface area (Å²) in [5, 5.41) is 2.73. The summed E-state index contributed by atoms with van der Waals surface area (Å²) in [7, 11) is 0. The normalized spacial score (nSPS) is 9.33. The van der Waals surface area contributed by atoms with Crippen LogP contribution in [0.1, 0.15) is 32.3 Å². The molecule has 0 aromatic heterocycles. The highest BCUT2D eigenvalue weighted by Crippen LogP contribution is 2.18. The zero-order valence-corrected chi connectivity index (χ0v) is 9.29. The molecule has 1 amide bonds. The number of amides is 1. The second kappa shape index (κ2) is 5.21. The van der Waals surface area contributed by atoms with E-state index >= 15 is 0 Å². The van der Waals surface area contributed by atoms with E-state index in [-0.39, 0.29) is 5.91 Å². The molecular formula is C13H15NO. The molecule has 0 aliphatic carbocycles. The molecule has 0 saturated heterocycles. The molecule has 0 aliphatic heterocycles. The van der Waals surface area contributed by atoms with Crippen molar-refractivity contribution in [3.63, 3.8) is 0 Å². The third-order valence-corrected chi connectivity index (χ3v) is 2.05. The molecule has 2 heteroatoms. The van der Waals surface area contributed by atoms with Crippen LogP contribution < -0.4 is 5.32 Å². The molecule has 0 atom stereocenters. The molecular weight excluding hydrogens is 186 g/mol. The summed E-state index contributed by atoms with van der Waals surface area (Å²) in [4.78, 5) is 11.2. The fraction of sp³-hybridized carbons (Fsp3) is 0.308. The Labute approximate surface area is 90.7 Å². The van der Waals surface area contributed by atoms with Gasteiger partial charge < -0.3 is 5.32 Å². The molecule has 0 fully saturated rings. The highest BCUT2D eigenvalue weighted by atomic mass is 16.1. The van der Waals surface area contributed by atoms with E-state index in [1.807, 2.05) is 24.3 Å². The van der Waals surface area contributed by atoms with Crippen molar-refractivity contribution in [2.45, 2.75) is 26.7 Å². The standard InChI is InChI=1S/C13H15NO/c1-4-6-13(15)14-12-8-5-7-11(9-12)10(2)3/h5,7-10H,1-3H3,(H,14,15). The number of carbonyl (C=O) groups excluding carboxylic acids is 1. The lowest BCUT2D eigenvalue weighted by molar-refractivity contribution is -0.111. The van der Waals surface area contributed by atoms with E-state index < -0.39 is 0 Å². The van der Waals surface area contributed by atoms with Gasteiger partial charge in [-0.05, 0) is 36.5 Å². The van der Waals surface area contributed by atoms with Crippen molar-refractivity contribution in [1.29, 1.82) is 0 Å². The van der Waals surface area contributed by atoms with Gasteiger partial charge in [0.15, 0.2) is 0 Å². The van der Waals surface area contributed by atoms with Crippen LogP contribution in [0, 0.1) is 11.8 Å². The van der Waals surface area contributed by atoms with E-state index in [1.54, 1.807) is 6.92 Å². The minimum absolute atomic E-state index is 0.265. The van der Waals surface area contributed by atoms with Crippen molar-refractivity contribution >= 4 is 11.6 Å². The molecule has 1 aromatic rings. The molecule has 1 rings (SSSR count). The maximum absolute atomic E-state index is 11.2. The Morgan fingerprint density at radius 1 is 1.40 bits per heavy atom. The predicted octanol–water partition coefficient (Wildman–Crippen LogP) is 2.77. The molecule has 0 unspecified atom stereocenters. The van der Waals surface area contributed by atoms with Crippen LogP contribution in [-0.2, 0) is 4.79 Å². The van der Waals surface area contributed by atoms with E-state index in [0.717, 1.165) is 5.69 Å². The van der Waals surface area contributed by atoms with Gasteiger partial charge in [0.1, 0.15) is 0 Å². The van der Waals surface area contributed by atoms with Crippen molar-refractivity contribution in [2.24, 2.45) is 0 Å². The topological polar surface area (TPSA) is 29.1 Å². The molecule has 0 bridgehead atoms. The van der Waals surface area contributed by atoms with E-state index in [0.29, 0.717) is 5.92 Å². The van der Waals surface area contributed by atoms with Crippen LogP contribution in [-0.4, -0.2) is 5.91 Å². The number of rotatable bonds is 2. The lowest BCUT2D eigenvalue weighted by Crippen LogP contribution is -2.08. The van der Waals surface area contributed by atoms with Crippen molar-refractivity contribution in [3.8, 4) is 11.8 Å². The average molecular weight is 201 g/mol. The SMILES string of the molecule is CC#CC(=O)Nc1cccc(C(C)C)c1. The first kappa shape index (κ1) is 11.3. The largest absolute Gasteiger partial charge is 0.315 e. The first-order valence-corrected chi connectivity index (χ1v) is 4.97. The second-order valence-corrected chi connectivity index (χ2v) is 3.61. The molecule has 78 valence electrons. The predicted molar refractivity (Wildman–Crippen MR) is 62.6 cm³/mol. The minimum Gasteiger partial charge on any atom is -0.315 e. The monoisotopic (exact) mass is 201 g/mol. The summed E-state index contributed by atoms with van der Waals surface area (Å²) < 4.78 is 0. The molecule has 15 heavy (non-hydrogen) atoms. The van der Waals surface area contributed by atoms with Crippen molar-refractivity contribution in [2.75, 3.05) is 5.32 Å². The zero-order chi connectivity index (χ0) is 11.3. The second-order valence-electron chi connectivity index (χ2n) is 3.61. The van der Waals surface area contributed by atoms with Crippen molar-refractivity contribution in [1.82, 2.24) is 0 Å². The first-order chi connectivity index (χ1) is 7.13. The summed E-state index contributed by atoms with van der Waals surface area (Å²) in [6.07, 6.45) is 0. The molecule has 0 spiro atoms. The van der Waals surface area contributed by atoms with Crippen LogP contribution >= 0.6 is 0 Å². The van der Waals surface area contributed by atoms with Crippen LogP contribution in [0.2, 0.25) is 0 Å². The Hall–Kier alpha value is -1.75. The molecule has 2 nitrogen and oxygen atoms in total. The van der Waals surface area contributed by atoms with Crippen LogP contribution in [0.4, 0.5) is 5.69 Å². The van der Waals surface area contributed by atoms with Gasteiger partial charge in [-0.2, -0.15) is 0 Å². The lowest BCUT2D eigenvalue weighted by atomic mass is 10.0. The number of carbonyl (C=O) groups is 1. The zero-order valence-electron chi connectivity index (χ0n) is 9.29. The molecule has 0 saturated carbocycles. The maximum Gasteiger partial charge on any atom is 0.300 e. The molecule has 0 radical (unpaired) electrons. The maximum atomic E-state index is 11.2. The minimum atomic E-state index is -0.265. The lowest BCUT2D eigenvalue weighted by Gasteiger charge is -2.07. The van der Waals surface area contributed by atoms with Gasteiger partial charge >= 0.3 is 0 Å². The molecule has 0 aliphatic rings. The van der Waals surface area contributed by atoms with E-state index in [9.17, 15) is 4.79 Å². The van der Waals surface area contributed by atoms with Crippen LogP contribution in [0.15, 0.2) is 24.3 Å². The van der Waals surface area contributed by atoms with Gasteiger partial charge in [0, 0.05) is 5.69 Å². The Balaban J connectivity index is 2.81. The Morgan fingerprint density at radius 3 is 2.73 bits per heavy atom. The third kappa shape index (κ3) is 3.47. The van der Waals surface area contributed by atoms with Crippen LogP contribution in [0.5, 0.6) is 0 Å². The number of anilines is 1. The summed E-state index contributed by atoms with van der Waals surface area (Å²) in [5.74, 6) is 5.20. The average Bonchev–Trinajstić information content (AvgIpc) is 2.18. The first-order valence-electron chi connectivity index (χ1n) is 4.97. The van der Waals surface area contributed by atoms with Gasteiger partial charge in [0.25, 0.3) is 5.91 Å². The van der Waals surface area contributed by atoms with Gasteiger partial charge in [-0.1, -0.05) is 31.9 Å². The number of nitrogens with one attached hydrogen (secondary N) is 1. The van der Waals surface area contributed by atoms with Crippen molar-refractivity contribution < 1.29 is 4.79 Å². The van der Waals surface area contributed by atoms with E-state index in [1.165, 1.54) is 5.56 Å². The number of hydrogen-bond acceptors (Lipinski definition) is 1. The fourth-order valence-corrected chi connectivity index (χ4v) is 1.25. The van der Waals surface area contributed by atoms with E-state index in [4.69, 9.17) is 0 Å². The number of benzene rings is 1. The quantitative estimate of drug-likeness (QED) is 0.732. The van der Waals surface area contributed by atoms with Crippen molar-refractivity contribution in [3.05, 3.63) is 29.8 Å². The highest BCUT2D eigenvalue weighted by Gasteiger charge is 2.01. The Morgan fingerprint density at radius 2 is 2.13 bits per heavy atom. The van der Waals surface area contributed by atoms with Gasteiger partial charge in [0.2, 0.25) is 0 Å². The van der Waals surface area contributed by atoms with Crippen LogP contribution in [0.25, 0.3) is 0 Å². The van der Waals surface area contributed by atoms with Gasteiger partial charge in [-0.15, -0.1) is 0 Å². The summed E-state index contributed by atoms with van der Waals surface area (Å²) >= 11 is 0. The summed E-state index contributed by atoms with van der Waals surface area (Å²) in [5.41, 5.74) is 2.01. The molecule has 1 N–H and O–H groups in total. The third-order valence-electron chi connectivity index (χ3n) is 2.05. The highest BCUT2D eigenvalue weighted by molar-refractivity contribution is 6.03. The Kier molecular flexibility index (Phi) is 3.93. The summed E-state index contributed by atoms with van der Waals surface area (Å²) in [6, 6.07) is 7.82. The Bertz CT molecular complexity index is 410. The fourth-order valence-electron chi connectivity index (χ4n) is 1.25. The number of hydrogen-bond donors (Lipinski definition) is 1. The molecule has 1 aromatic carbocycles. The summed E-state index contributed by atoms with van der Waals surface area (Å²) in [6.45, 7) is 5.88. The van der Waals surface area contributed by atoms with Crippen LogP contribution in [0.3, 0.4) is 0 Å². The van der Waals surface area contributed by atoms with E-state index in [2.05, 4.69) is 31.0 Å². The smallest absolute Gasteiger partial charge is 0.300 e. The van der Waals surface area contributed by atoms with Gasteiger partial charge in [0.05, 0.1) is 0 Å². The van der Waals surface area contributed by atoms with Gasteiger partial charge in [-0.3, -0.25) is 4.79 Å². The van der Waals surface area contributed by atoms with Gasteiger partial charge in [-0.25, -0.2) is 0 Å². The molecule has 0 heterocycles.